The van der Waals surface area contributed by atoms with Gasteiger partial charge in [0.25, 0.3) is 0 Å². The highest BCUT2D eigenvalue weighted by atomic mass is 15.3. The maximum absolute atomic E-state index is 3.76. The van der Waals surface area contributed by atoms with Gasteiger partial charge in [0.15, 0.2) is 0 Å². The lowest BCUT2D eigenvalue weighted by Crippen LogP contribution is -2.63. The van der Waals surface area contributed by atoms with Gasteiger partial charge in [-0.25, -0.2) is 0 Å². The molecule has 3 atom stereocenters. The molecule has 1 aliphatic carbocycles. The van der Waals surface area contributed by atoms with Gasteiger partial charge in [-0.1, -0.05) is 20.3 Å². The van der Waals surface area contributed by atoms with Crippen LogP contribution >= 0.6 is 0 Å². The predicted molar refractivity (Wildman–Crippen MR) is 87.2 cm³/mol. The van der Waals surface area contributed by atoms with E-state index in [1.54, 1.807) is 0 Å². The minimum Gasteiger partial charge on any atom is -0.313 e. The van der Waals surface area contributed by atoms with E-state index >= 15 is 0 Å². The van der Waals surface area contributed by atoms with E-state index in [1.807, 2.05) is 0 Å². The van der Waals surface area contributed by atoms with Crippen LogP contribution in [0.15, 0.2) is 0 Å². The zero-order chi connectivity index (χ0) is 14.8. The topological polar surface area (TPSA) is 18.5 Å². The van der Waals surface area contributed by atoms with E-state index in [1.165, 1.54) is 45.3 Å². The average molecular weight is 281 g/mol. The fourth-order valence-corrected chi connectivity index (χ4v) is 4.07. The molecule has 0 radical (unpaired) electrons. The molecule has 1 aliphatic heterocycles. The Balaban J connectivity index is 2.05. The lowest BCUT2D eigenvalue weighted by Gasteiger charge is -2.51. The van der Waals surface area contributed by atoms with E-state index in [-0.39, 0.29) is 0 Å². The van der Waals surface area contributed by atoms with Crippen LogP contribution < -0.4 is 5.32 Å². The first-order chi connectivity index (χ1) is 9.47. The van der Waals surface area contributed by atoms with Crippen LogP contribution in [-0.4, -0.2) is 60.6 Å². The van der Waals surface area contributed by atoms with E-state index in [9.17, 15) is 0 Å². The fourth-order valence-electron chi connectivity index (χ4n) is 4.07. The summed E-state index contributed by atoms with van der Waals surface area (Å²) in [6, 6.07) is 1.46. The van der Waals surface area contributed by atoms with Gasteiger partial charge in [-0.2, -0.15) is 0 Å². The number of hydrogen-bond donors (Lipinski definition) is 1. The molecule has 1 saturated carbocycles. The second kappa shape index (κ2) is 6.76. The SMILES string of the molecule is CCNC1CCC(CC)CC1N1CCN(C)C(C)(C)C1. The summed E-state index contributed by atoms with van der Waals surface area (Å²) in [5.41, 5.74) is 0.314. The molecule has 1 heterocycles. The minimum absolute atomic E-state index is 0.314. The second-order valence-electron chi connectivity index (χ2n) is 7.52. The number of nitrogens with one attached hydrogen (secondary N) is 1. The molecule has 2 fully saturated rings. The van der Waals surface area contributed by atoms with Crippen molar-refractivity contribution in [2.24, 2.45) is 5.92 Å². The summed E-state index contributed by atoms with van der Waals surface area (Å²) in [4.78, 5) is 5.31. The molecule has 0 aromatic heterocycles. The zero-order valence-electron chi connectivity index (χ0n) is 14.3. The van der Waals surface area contributed by atoms with E-state index in [2.05, 4.69) is 49.9 Å². The van der Waals surface area contributed by atoms with Crippen molar-refractivity contribution in [3.8, 4) is 0 Å². The molecule has 1 saturated heterocycles. The summed E-state index contributed by atoms with van der Waals surface area (Å²) < 4.78 is 0. The van der Waals surface area contributed by atoms with Gasteiger partial charge in [-0.3, -0.25) is 9.80 Å². The molecule has 2 rings (SSSR count). The van der Waals surface area contributed by atoms with Crippen LogP contribution in [0, 0.1) is 5.92 Å². The quantitative estimate of drug-likeness (QED) is 0.854. The van der Waals surface area contributed by atoms with Crippen molar-refractivity contribution in [2.45, 2.75) is 71.0 Å². The molecule has 3 heteroatoms. The molecule has 20 heavy (non-hydrogen) atoms. The number of nitrogens with zero attached hydrogens (tertiary/aromatic N) is 2. The van der Waals surface area contributed by atoms with Gasteiger partial charge in [0.2, 0.25) is 0 Å². The molecule has 0 spiro atoms. The Morgan fingerprint density at radius 3 is 2.50 bits per heavy atom. The summed E-state index contributed by atoms with van der Waals surface area (Å²) in [5, 5.41) is 3.76. The highest BCUT2D eigenvalue weighted by Crippen LogP contribution is 2.32. The summed E-state index contributed by atoms with van der Waals surface area (Å²) >= 11 is 0. The van der Waals surface area contributed by atoms with Crippen molar-refractivity contribution in [3.63, 3.8) is 0 Å². The number of hydrogen-bond acceptors (Lipinski definition) is 3. The van der Waals surface area contributed by atoms with Crippen LogP contribution in [0.4, 0.5) is 0 Å². The highest BCUT2D eigenvalue weighted by molar-refractivity contribution is 4.97. The predicted octanol–water partition coefficient (Wildman–Crippen LogP) is 2.57. The van der Waals surface area contributed by atoms with Crippen molar-refractivity contribution < 1.29 is 0 Å². The van der Waals surface area contributed by atoms with E-state index in [4.69, 9.17) is 0 Å². The van der Waals surface area contributed by atoms with E-state index < -0.39 is 0 Å². The van der Waals surface area contributed by atoms with Gasteiger partial charge in [0.05, 0.1) is 0 Å². The first-order valence-corrected chi connectivity index (χ1v) is 8.66. The van der Waals surface area contributed by atoms with Crippen molar-refractivity contribution in [1.29, 1.82) is 0 Å². The molecule has 2 aliphatic rings. The van der Waals surface area contributed by atoms with Crippen molar-refractivity contribution in [3.05, 3.63) is 0 Å². The van der Waals surface area contributed by atoms with Gasteiger partial charge in [0, 0.05) is 37.3 Å². The van der Waals surface area contributed by atoms with E-state index in [0.29, 0.717) is 11.6 Å². The monoisotopic (exact) mass is 281 g/mol. The molecule has 0 aromatic carbocycles. The Bertz CT molecular complexity index is 303. The van der Waals surface area contributed by atoms with Crippen molar-refractivity contribution in [2.75, 3.05) is 33.2 Å². The zero-order valence-corrected chi connectivity index (χ0v) is 14.3. The van der Waals surface area contributed by atoms with Gasteiger partial charge >= 0.3 is 0 Å². The third-order valence-electron chi connectivity index (χ3n) is 5.78. The smallest absolute Gasteiger partial charge is 0.0277 e. The average Bonchev–Trinajstić information content (AvgIpc) is 2.42. The second-order valence-corrected chi connectivity index (χ2v) is 7.52. The summed E-state index contributed by atoms with van der Waals surface area (Å²) in [5.74, 6) is 0.942. The third-order valence-corrected chi connectivity index (χ3v) is 5.78. The highest BCUT2D eigenvalue weighted by Gasteiger charge is 2.39. The van der Waals surface area contributed by atoms with Gasteiger partial charge in [-0.05, 0) is 52.6 Å². The van der Waals surface area contributed by atoms with Gasteiger partial charge in [0.1, 0.15) is 0 Å². The maximum atomic E-state index is 3.76. The molecule has 0 amide bonds. The van der Waals surface area contributed by atoms with Crippen LogP contribution in [0.1, 0.15) is 53.4 Å². The summed E-state index contributed by atoms with van der Waals surface area (Å²) in [7, 11) is 2.27. The largest absolute Gasteiger partial charge is 0.313 e. The normalized spacial score (nSPS) is 36.1. The van der Waals surface area contributed by atoms with Crippen molar-refractivity contribution in [1.82, 2.24) is 15.1 Å². The molecule has 118 valence electrons. The van der Waals surface area contributed by atoms with Crippen LogP contribution in [0.25, 0.3) is 0 Å². The molecule has 3 nitrogen and oxygen atoms in total. The first-order valence-electron chi connectivity index (χ1n) is 8.66. The Hall–Kier alpha value is -0.120. The van der Waals surface area contributed by atoms with Crippen LogP contribution in [-0.2, 0) is 0 Å². The van der Waals surface area contributed by atoms with Gasteiger partial charge < -0.3 is 5.32 Å². The third kappa shape index (κ3) is 3.55. The number of likely N-dealkylation sites (N-methyl/N-ethyl adjacent to an activating group) is 2. The molecule has 3 unspecified atom stereocenters. The molecule has 0 bridgehead atoms. The first kappa shape index (κ1) is 16.3. The minimum atomic E-state index is 0.314. The number of piperazine rings is 1. The Morgan fingerprint density at radius 1 is 1.15 bits per heavy atom. The fraction of sp³-hybridized carbons (Fsp3) is 1.00. The maximum Gasteiger partial charge on any atom is 0.0277 e. The molecule has 0 aromatic rings. The molecular formula is C17H35N3. The number of rotatable bonds is 4. The lowest BCUT2D eigenvalue weighted by molar-refractivity contribution is -0.00859. The molecule has 1 N–H and O–H groups in total. The van der Waals surface area contributed by atoms with Crippen LogP contribution in [0.5, 0.6) is 0 Å². The Labute approximate surface area is 126 Å². The summed E-state index contributed by atoms with van der Waals surface area (Å²) in [6.07, 6.45) is 5.53. The van der Waals surface area contributed by atoms with Crippen molar-refractivity contribution >= 4 is 0 Å². The van der Waals surface area contributed by atoms with Crippen LogP contribution in [0.3, 0.4) is 0 Å². The summed E-state index contributed by atoms with van der Waals surface area (Å²) in [6.45, 7) is 14.2. The standard InChI is InChI=1S/C17H35N3/c1-6-14-8-9-15(18-7-2)16(12-14)20-11-10-19(5)17(3,4)13-20/h14-16,18H,6-13H2,1-5H3. The Morgan fingerprint density at radius 2 is 1.90 bits per heavy atom. The Kier molecular flexibility index (Phi) is 5.49. The lowest BCUT2D eigenvalue weighted by atomic mass is 9.79. The molecular weight excluding hydrogens is 246 g/mol. The van der Waals surface area contributed by atoms with Crippen LogP contribution in [0.2, 0.25) is 0 Å². The van der Waals surface area contributed by atoms with Gasteiger partial charge in [-0.15, -0.1) is 0 Å². The van der Waals surface area contributed by atoms with E-state index in [0.717, 1.165) is 18.5 Å².